The van der Waals surface area contributed by atoms with Gasteiger partial charge in [0.15, 0.2) is 10.9 Å². The van der Waals surface area contributed by atoms with Gasteiger partial charge >= 0.3 is 0 Å². The van der Waals surface area contributed by atoms with Crippen LogP contribution >= 0.6 is 11.8 Å². The van der Waals surface area contributed by atoms with E-state index >= 15 is 0 Å². The van der Waals surface area contributed by atoms with Crippen molar-refractivity contribution >= 4 is 39.1 Å². The topological polar surface area (TPSA) is 115 Å². The monoisotopic (exact) mass is 476 g/mol. The highest BCUT2D eigenvalue weighted by atomic mass is 32.2. The Morgan fingerprint density at radius 3 is 2.27 bits per heavy atom. The molecule has 4 aromatic rings. The fourth-order valence-corrected chi connectivity index (χ4v) is 4.36. The molecule has 0 saturated heterocycles. The molecular weight excluding hydrogens is 456 g/mol. The predicted octanol–water partition coefficient (Wildman–Crippen LogP) is 4.51. The van der Waals surface area contributed by atoms with Gasteiger partial charge in [0.05, 0.1) is 16.3 Å². The van der Waals surface area contributed by atoms with Crippen molar-refractivity contribution in [2.45, 2.75) is 10.1 Å². The third-order valence-electron chi connectivity index (χ3n) is 4.64. The number of thioether (sulfide) groups is 1. The quantitative estimate of drug-likeness (QED) is 0.218. The zero-order valence-electron chi connectivity index (χ0n) is 17.4. The van der Waals surface area contributed by atoms with Crippen LogP contribution in [0.2, 0.25) is 0 Å². The Kier molecular flexibility index (Phi) is 6.83. The molecule has 0 fully saturated rings. The first-order chi connectivity index (χ1) is 15.9. The van der Waals surface area contributed by atoms with E-state index in [0.717, 1.165) is 5.56 Å². The average molecular weight is 477 g/mol. The fourth-order valence-electron chi connectivity index (χ4n) is 3.05. The van der Waals surface area contributed by atoms with Crippen LogP contribution in [0.25, 0.3) is 11.3 Å². The summed E-state index contributed by atoms with van der Waals surface area (Å²) in [7, 11) is -3.84. The number of nitrogens with two attached hydrogens (primary N) is 1. The Labute approximate surface area is 196 Å². The largest absolute Gasteiger partial charge is 0.340 e. The minimum Gasteiger partial charge on any atom is -0.340 e. The number of hydrogen-bond donors (Lipinski definition) is 2. The summed E-state index contributed by atoms with van der Waals surface area (Å²) >= 11 is 1.24. The van der Waals surface area contributed by atoms with Gasteiger partial charge < -0.3 is 5.32 Å². The number of nitrogens with zero attached hydrogens (tertiary/aromatic N) is 2. The second kappa shape index (κ2) is 9.95. The third-order valence-corrected chi connectivity index (χ3v) is 6.40. The number of nitrogens with one attached hydrogen (secondary N) is 1. The molecule has 0 atom stereocenters. The Morgan fingerprint density at radius 1 is 0.879 bits per heavy atom. The van der Waals surface area contributed by atoms with Gasteiger partial charge in [0.25, 0.3) is 0 Å². The standard InChI is InChI=1S/C24H20N4O3S2/c25-33(30,31)20-13-7-12-19(14-20)26-23-15-21(17-8-3-1-4-9-17)27-24(28-23)32-16-22(29)18-10-5-2-6-11-18/h1-15H,16H2,(H2,25,30,31)(H,26,27,28). The van der Waals surface area contributed by atoms with Crippen LogP contribution in [-0.4, -0.2) is 29.9 Å². The number of ketones is 1. The molecule has 33 heavy (non-hydrogen) atoms. The molecule has 0 bridgehead atoms. The molecule has 0 unspecified atom stereocenters. The molecule has 3 N–H and O–H groups in total. The first kappa shape index (κ1) is 22.7. The highest BCUT2D eigenvalue weighted by Crippen LogP contribution is 2.26. The van der Waals surface area contributed by atoms with Crippen LogP contribution in [0, 0.1) is 0 Å². The Bertz CT molecular complexity index is 1380. The first-order valence-corrected chi connectivity index (χ1v) is 12.5. The number of aromatic nitrogens is 2. The summed E-state index contributed by atoms with van der Waals surface area (Å²) in [6, 6.07) is 26.6. The van der Waals surface area contributed by atoms with Crippen LogP contribution in [0.15, 0.2) is 101 Å². The molecule has 9 heteroatoms. The van der Waals surface area contributed by atoms with Crippen LogP contribution in [0.5, 0.6) is 0 Å². The van der Waals surface area contributed by atoms with Crippen molar-refractivity contribution in [2.24, 2.45) is 5.14 Å². The lowest BCUT2D eigenvalue weighted by molar-refractivity contribution is 0.102. The maximum atomic E-state index is 12.5. The van der Waals surface area contributed by atoms with Gasteiger partial charge in [-0.2, -0.15) is 0 Å². The minimum atomic E-state index is -3.84. The summed E-state index contributed by atoms with van der Waals surface area (Å²) in [4.78, 5) is 21.6. The molecule has 0 spiro atoms. The lowest BCUT2D eigenvalue weighted by Crippen LogP contribution is -2.12. The van der Waals surface area contributed by atoms with E-state index in [1.165, 1.54) is 23.9 Å². The number of benzene rings is 3. The van der Waals surface area contributed by atoms with Gasteiger partial charge in [0, 0.05) is 22.9 Å². The summed E-state index contributed by atoms with van der Waals surface area (Å²) in [5.74, 6) is 0.623. The molecule has 0 aliphatic heterocycles. The Hall–Kier alpha value is -3.53. The smallest absolute Gasteiger partial charge is 0.238 e. The minimum absolute atomic E-state index is 0.00658. The zero-order valence-corrected chi connectivity index (χ0v) is 19.0. The van der Waals surface area contributed by atoms with Crippen LogP contribution < -0.4 is 10.5 Å². The van der Waals surface area contributed by atoms with Crippen molar-refractivity contribution in [3.05, 3.63) is 96.6 Å². The van der Waals surface area contributed by atoms with Crippen LogP contribution in [0.1, 0.15) is 10.4 Å². The van der Waals surface area contributed by atoms with Crippen molar-refractivity contribution in [3.63, 3.8) is 0 Å². The molecule has 0 aliphatic carbocycles. The second-order valence-electron chi connectivity index (χ2n) is 7.06. The maximum absolute atomic E-state index is 12.5. The van der Waals surface area contributed by atoms with Crippen molar-refractivity contribution in [3.8, 4) is 11.3 Å². The van der Waals surface area contributed by atoms with Crippen molar-refractivity contribution in [2.75, 3.05) is 11.1 Å². The summed E-state index contributed by atoms with van der Waals surface area (Å²) < 4.78 is 23.4. The molecule has 1 aromatic heterocycles. The number of carbonyl (C=O) groups excluding carboxylic acids is 1. The summed E-state index contributed by atoms with van der Waals surface area (Å²) in [6.45, 7) is 0. The molecule has 166 valence electrons. The van der Waals surface area contributed by atoms with Gasteiger partial charge in [-0.25, -0.2) is 23.5 Å². The second-order valence-corrected chi connectivity index (χ2v) is 9.57. The molecule has 0 aliphatic rings. The van der Waals surface area contributed by atoms with Crippen molar-refractivity contribution < 1.29 is 13.2 Å². The van der Waals surface area contributed by atoms with Gasteiger partial charge in [0.2, 0.25) is 10.0 Å². The molecule has 3 aromatic carbocycles. The SMILES string of the molecule is NS(=O)(=O)c1cccc(Nc2cc(-c3ccccc3)nc(SCC(=O)c3ccccc3)n2)c1. The van der Waals surface area contributed by atoms with E-state index in [1.54, 1.807) is 30.3 Å². The normalized spacial score (nSPS) is 11.2. The number of hydrogen-bond acceptors (Lipinski definition) is 7. The highest BCUT2D eigenvalue weighted by Gasteiger charge is 2.13. The van der Waals surface area contributed by atoms with Crippen LogP contribution in [0.4, 0.5) is 11.5 Å². The van der Waals surface area contributed by atoms with E-state index in [4.69, 9.17) is 5.14 Å². The predicted molar refractivity (Wildman–Crippen MR) is 130 cm³/mol. The van der Waals surface area contributed by atoms with Crippen molar-refractivity contribution in [1.29, 1.82) is 0 Å². The lowest BCUT2D eigenvalue weighted by atomic mass is 10.1. The van der Waals surface area contributed by atoms with E-state index in [2.05, 4.69) is 15.3 Å². The Morgan fingerprint density at radius 2 is 1.58 bits per heavy atom. The number of carbonyl (C=O) groups is 1. The van der Waals surface area contributed by atoms with Gasteiger partial charge in [-0.3, -0.25) is 4.79 Å². The number of sulfonamides is 1. The number of rotatable bonds is 8. The third kappa shape index (κ3) is 6.04. The van der Waals surface area contributed by atoms with Gasteiger partial charge in [-0.15, -0.1) is 0 Å². The molecule has 0 saturated carbocycles. The molecule has 7 nitrogen and oxygen atoms in total. The summed E-state index contributed by atoms with van der Waals surface area (Å²) in [5.41, 5.74) is 2.70. The van der Waals surface area contributed by atoms with Gasteiger partial charge in [-0.05, 0) is 18.2 Å². The molecular formula is C24H20N4O3S2. The molecule has 0 radical (unpaired) electrons. The maximum Gasteiger partial charge on any atom is 0.238 e. The summed E-state index contributed by atoms with van der Waals surface area (Å²) in [6.07, 6.45) is 0. The lowest BCUT2D eigenvalue weighted by Gasteiger charge is -2.11. The van der Waals surface area contributed by atoms with E-state index in [9.17, 15) is 13.2 Å². The summed E-state index contributed by atoms with van der Waals surface area (Å²) in [5, 5.41) is 8.78. The van der Waals surface area contributed by atoms with Crippen molar-refractivity contribution in [1.82, 2.24) is 9.97 Å². The van der Waals surface area contributed by atoms with E-state index in [0.29, 0.717) is 27.9 Å². The van der Waals surface area contributed by atoms with Gasteiger partial charge in [0.1, 0.15) is 5.82 Å². The first-order valence-electron chi connectivity index (χ1n) is 9.94. The number of anilines is 2. The molecule has 1 heterocycles. The Balaban J connectivity index is 1.63. The highest BCUT2D eigenvalue weighted by molar-refractivity contribution is 7.99. The van der Waals surface area contributed by atoms with Crippen LogP contribution in [-0.2, 0) is 10.0 Å². The van der Waals surface area contributed by atoms with E-state index in [-0.39, 0.29) is 16.4 Å². The zero-order chi connectivity index (χ0) is 23.3. The number of Topliss-reactive ketones (excluding diaryl/α,β-unsaturated/α-hetero) is 1. The van der Waals surface area contributed by atoms with E-state index < -0.39 is 10.0 Å². The molecule has 0 amide bonds. The molecule has 4 rings (SSSR count). The fraction of sp³-hybridized carbons (Fsp3) is 0.0417. The van der Waals surface area contributed by atoms with Gasteiger partial charge in [-0.1, -0.05) is 78.5 Å². The van der Waals surface area contributed by atoms with Crippen LogP contribution in [0.3, 0.4) is 0 Å². The van der Waals surface area contributed by atoms with E-state index in [1.807, 2.05) is 48.5 Å². The average Bonchev–Trinajstić information content (AvgIpc) is 2.83. The number of primary sulfonamides is 1.